The van der Waals surface area contributed by atoms with E-state index in [0.29, 0.717) is 6.42 Å². The van der Waals surface area contributed by atoms with E-state index in [9.17, 15) is 5.11 Å². The Bertz CT molecular complexity index is 241. The van der Waals surface area contributed by atoms with E-state index in [-0.39, 0.29) is 17.4 Å². The number of hydrogen-bond acceptors (Lipinski definition) is 3. The molecule has 1 rings (SSSR count). The van der Waals surface area contributed by atoms with Gasteiger partial charge in [-0.05, 0) is 31.1 Å². The fourth-order valence-corrected chi connectivity index (χ4v) is 2.13. The second kappa shape index (κ2) is 5.65. The highest BCUT2D eigenvalue weighted by atomic mass is 16.3. The Hall–Kier alpha value is -0.590. The van der Waals surface area contributed by atoms with Gasteiger partial charge in [0.05, 0.1) is 6.07 Å². The molecule has 0 aromatic carbocycles. The molecule has 1 fully saturated rings. The van der Waals surface area contributed by atoms with Gasteiger partial charge in [-0.3, -0.25) is 0 Å². The minimum atomic E-state index is 0.0305. The van der Waals surface area contributed by atoms with Gasteiger partial charge in [0.25, 0.3) is 0 Å². The molecule has 0 unspecified atom stereocenters. The summed E-state index contributed by atoms with van der Waals surface area (Å²) in [5, 5.41) is 21.6. The van der Waals surface area contributed by atoms with Crippen LogP contribution in [-0.2, 0) is 0 Å². The number of hydrogen-bond donors (Lipinski definition) is 2. The van der Waals surface area contributed by atoms with Crippen molar-refractivity contribution in [3.63, 3.8) is 0 Å². The lowest BCUT2D eigenvalue weighted by molar-refractivity contribution is 0.111. The normalized spacial score (nSPS) is 18.1. The SMILES string of the molecule is CCC(CC)(CO)CNCC1(CC#N)CC1. The monoisotopic (exact) mass is 224 g/mol. The van der Waals surface area contributed by atoms with Crippen molar-refractivity contribution in [1.82, 2.24) is 5.32 Å². The van der Waals surface area contributed by atoms with E-state index >= 15 is 0 Å². The highest BCUT2D eigenvalue weighted by Crippen LogP contribution is 2.47. The van der Waals surface area contributed by atoms with Crippen LogP contribution in [0.2, 0.25) is 0 Å². The summed E-state index contributed by atoms with van der Waals surface area (Å²) in [6, 6.07) is 2.27. The lowest BCUT2D eigenvalue weighted by Crippen LogP contribution is -2.38. The van der Waals surface area contributed by atoms with Gasteiger partial charge in [0.1, 0.15) is 0 Å². The van der Waals surface area contributed by atoms with Crippen molar-refractivity contribution in [3.05, 3.63) is 0 Å². The van der Waals surface area contributed by atoms with Gasteiger partial charge < -0.3 is 10.4 Å². The highest BCUT2D eigenvalue weighted by molar-refractivity contribution is 5.01. The Labute approximate surface area is 98.8 Å². The van der Waals surface area contributed by atoms with Crippen LogP contribution < -0.4 is 5.32 Å². The van der Waals surface area contributed by atoms with Crippen LogP contribution in [0, 0.1) is 22.2 Å². The first-order chi connectivity index (χ1) is 7.66. The molecule has 1 aliphatic rings. The summed E-state index contributed by atoms with van der Waals surface area (Å²) in [6.45, 7) is 6.30. The molecule has 92 valence electrons. The molecule has 0 radical (unpaired) electrons. The number of nitrogens with one attached hydrogen (secondary N) is 1. The first-order valence-electron chi connectivity index (χ1n) is 6.34. The minimum Gasteiger partial charge on any atom is -0.396 e. The molecule has 0 aliphatic heterocycles. The summed E-state index contributed by atoms with van der Waals surface area (Å²) in [6.07, 6.45) is 5.02. The van der Waals surface area contributed by atoms with Crippen molar-refractivity contribution in [2.24, 2.45) is 10.8 Å². The summed E-state index contributed by atoms with van der Waals surface area (Å²) in [5.74, 6) is 0. The molecule has 16 heavy (non-hydrogen) atoms. The van der Waals surface area contributed by atoms with Crippen LogP contribution in [0.15, 0.2) is 0 Å². The maximum atomic E-state index is 9.43. The molecule has 2 N–H and O–H groups in total. The molecule has 0 heterocycles. The summed E-state index contributed by atoms with van der Waals surface area (Å²) in [7, 11) is 0. The second-order valence-corrected chi connectivity index (χ2v) is 5.30. The van der Waals surface area contributed by atoms with Gasteiger partial charge in [-0.2, -0.15) is 5.26 Å². The summed E-state index contributed by atoms with van der Waals surface area (Å²) >= 11 is 0. The number of rotatable bonds is 8. The largest absolute Gasteiger partial charge is 0.396 e. The zero-order valence-corrected chi connectivity index (χ0v) is 10.6. The molecule has 0 saturated heterocycles. The number of aliphatic hydroxyl groups is 1. The highest BCUT2D eigenvalue weighted by Gasteiger charge is 2.42. The van der Waals surface area contributed by atoms with Crippen molar-refractivity contribution >= 4 is 0 Å². The molecule has 3 heteroatoms. The van der Waals surface area contributed by atoms with Crippen LogP contribution in [0.5, 0.6) is 0 Å². The van der Waals surface area contributed by atoms with E-state index in [1.807, 2.05) is 0 Å². The molecule has 0 aromatic rings. The fourth-order valence-electron chi connectivity index (χ4n) is 2.13. The van der Waals surface area contributed by atoms with Gasteiger partial charge in [-0.1, -0.05) is 13.8 Å². The van der Waals surface area contributed by atoms with Crippen LogP contribution >= 0.6 is 0 Å². The van der Waals surface area contributed by atoms with Crippen molar-refractivity contribution in [2.75, 3.05) is 19.7 Å². The molecular weight excluding hydrogens is 200 g/mol. The second-order valence-electron chi connectivity index (χ2n) is 5.30. The lowest BCUT2D eigenvalue weighted by atomic mass is 9.83. The fraction of sp³-hybridized carbons (Fsp3) is 0.923. The van der Waals surface area contributed by atoms with Crippen LogP contribution in [0.25, 0.3) is 0 Å². The van der Waals surface area contributed by atoms with Gasteiger partial charge in [0.15, 0.2) is 0 Å². The van der Waals surface area contributed by atoms with Crippen molar-refractivity contribution in [2.45, 2.75) is 46.0 Å². The van der Waals surface area contributed by atoms with E-state index in [1.165, 1.54) is 12.8 Å². The third-order valence-electron chi connectivity index (χ3n) is 4.25. The zero-order valence-electron chi connectivity index (χ0n) is 10.6. The molecular formula is C13H24N2O. The van der Waals surface area contributed by atoms with Gasteiger partial charge in [-0.25, -0.2) is 0 Å². The summed E-state index contributed by atoms with van der Waals surface area (Å²) in [5.41, 5.74) is 0.292. The molecule has 0 amide bonds. The summed E-state index contributed by atoms with van der Waals surface area (Å²) in [4.78, 5) is 0. The van der Waals surface area contributed by atoms with E-state index in [2.05, 4.69) is 25.2 Å². The Morgan fingerprint density at radius 2 is 2.00 bits per heavy atom. The Kier molecular flexibility index (Phi) is 4.76. The van der Waals surface area contributed by atoms with Gasteiger partial charge in [0, 0.05) is 31.5 Å². The van der Waals surface area contributed by atoms with Crippen LogP contribution in [0.4, 0.5) is 0 Å². The maximum absolute atomic E-state index is 9.43. The molecule has 1 saturated carbocycles. The van der Waals surface area contributed by atoms with Crippen molar-refractivity contribution in [3.8, 4) is 6.07 Å². The van der Waals surface area contributed by atoms with E-state index < -0.39 is 0 Å². The molecule has 0 aromatic heterocycles. The average molecular weight is 224 g/mol. The number of nitrogens with zero attached hydrogens (tertiary/aromatic N) is 1. The molecule has 1 aliphatic carbocycles. The molecule has 0 spiro atoms. The first-order valence-corrected chi connectivity index (χ1v) is 6.34. The molecule has 0 bridgehead atoms. The van der Waals surface area contributed by atoms with E-state index in [4.69, 9.17) is 5.26 Å². The number of nitriles is 1. The summed E-state index contributed by atoms with van der Waals surface area (Å²) < 4.78 is 0. The first kappa shape index (κ1) is 13.5. The average Bonchev–Trinajstić information content (AvgIpc) is 3.06. The standard InChI is InChI=1S/C13H24N2O/c1-3-12(4-2,11-16)9-15-10-13(5-6-13)7-8-14/h15-16H,3-7,9-11H2,1-2H3. The smallest absolute Gasteiger partial charge is 0.0628 e. The van der Waals surface area contributed by atoms with Crippen LogP contribution in [0.3, 0.4) is 0 Å². The van der Waals surface area contributed by atoms with Crippen molar-refractivity contribution < 1.29 is 5.11 Å². The van der Waals surface area contributed by atoms with E-state index in [0.717, 1.165) is 25.9 Å². The Morgan fingerprint density at radius 3 is 2.38 bits per heavy atom. The molecule has 3 nitrogen and oxygen atoms in total. The van der Waals surface area contributed by atoms with Gasteiger partial charge in [-0.15, -0.1) is 0 Å². The van der Waals surface area contributed by atoms with Gasteiger partial charge >= 0.3 is 0 Å². The Morgan fingerprint density at radius 1 is 1.38 bits per heavy atom. The Balaban J connectivity index is 2.31. The van der Waals surface area contributed by atoms with Crippen LogP contribution in [-0.4, -0.2) is 24.8 Å². The van der Waals surface area contributed by atoms with E-state index in [1.54, 1.807) is 0 Å². The van der Waals surface area contributed by atoms with Crippen LogP contribution in [0.1, 0.15) is 46.0 Å². The lowest BCUT2D eigenvalue weighted by Gasteiger charge is -2.30. The van der Waals surface area contributed by atoms with Gasteiger partial charge in [0.2, 0.25) is 0 Å². The predicted molar refractivity (Wildman–Crippen MR) is 64.9 cm³/mol. The maximum Gasteiger partial charge on any atom is 0.0628 e. The third kappa shape index (κ3) is 3.20. The predicted octanol–water partition coefficient (Wildman–Crippen LogP) is 2.07. The molecule has 0 atom stereocenters. The quantitative estimate of drug-likeness (QED) is 0.663. The minimum absolute atomic E-state index is 0.0305. The topological polar surface area (TPSA) is 56.0 Å². The third-order valence-corrected chi connectivity index (χ3v) is 4.25. The number of aliphatic hydroxyl groups excluding tert-OH is 1. The zero-order chi connectivity index (χ0) is 12.1. The van der Waals surface area contributed by atoms with Crippen molar-refractivity contribution in [1.29, 1.82) is 5.26 Å².